The second-order valence-corrected chi connectivity index (χ2v) is 7.07. The van der Waals surface area contributed by atoms with Crippen molar-refractivity contribution in [3.8, 4) is 11.5 Å². The molecule has 150 valence electrons. The zero-order valence-corrected chi connectivity index (χ0v) is 16.7. The standard InChI is InChI=1S/C22H30N4O2/c1-23-22(25-15-19-13-20(28-2)9-10-21(19)27)24-14-17-5-7-18(8-6-17)16-26-11-3-4-12-26/h5-10,13,27H,3-4,11-12,14-16H2,1-2H3,(H2,23,24,25). The summed E-state index contributed by atoms with van der Waals surface area (Å²) in [6.07, 6.45) is 2.64. The number of methoxy groups -OCH3 is 1. The van der Waals surface area contributed by atoms with Crippen LogP contribution in [0.15, 0.2) is 47.5 Å². The van der Waals surface area contributed by atoms with Crippen molar-refractivity contribution in [3.63, 3.8) is 0 Å². The highest BCUT2D eigenvalue weighted by atomic mass is 16.5. The molecule has 0 bridgehead atoms. The van der Waals surface area contributed by atoms with E-state index < -0.39 is 0 Å². The lowest BCUT2D eigenvalue weighted by Crippen LogP contribution is -2.36. The Morgan fingerprint density at radius 1 is 1.04 bits per heavy atom. The van der Waals surface area contributed by atoms with E-state index in [1.165, 1.54) is 37.1 Å². The number of benzene rings is 2. The van der Waals surface area contributed by atoms with Crippen LogP contribution >= 0.6 is 0 Å². The molecule has 0 aromatic heterocycles. The summed E-state index contributed by atoms with van der Waals surface area (Å²) in [6.45, 7) is 4.62. The van der Waals surface area contributed by atoms with E-state index in [0.717, 1.165) is 12.1 Å². The van der Waals surface area contributed by atoms with E-state index in [1.807, 2.05) is 6.07 Å². The summed E-state index contributed by atoms with van der Waals surface area (Å²) >= 11 is 0. The Labute approximate surface area is 167 Å². The van der Waals surface area contributed by atoms with Crippen LogP contribution in [0.25, 0.3) is 0 Å². The fourth-order valence-corrected chi connectivity index (χ4v) is 3.38. The molecule has 2 aromatic rings. The van der Waals surface area contributed by atoms with Gasteiger partial charge in [-0.25, -0.2) is 0 Å². The van der Waals surface area contributed by atoms with Crippen molar-refractivity contribution in [2.45, 2.75) is 32.5 Å². The van der Waals surface area contributed by atoms with Gasteiger partial charge >= 0.3 is 0 Å². The molecular formula is C22H30N4O2. The third-order valence-electron chi connectivity index (χ3n) is 5.04. The summed E-state index contributed by atoms with van der Waals surface area (Å²) in [5, 5.41) is 16.5. The molecule has 0 unspecified atom stereocenters. The molecule has 0 amide bonds. The SMILES string of the molecule is CN=C(NCc1ccc(CN2CCCC2)cc1)NCc1cc(OC)ccc1O. The van der Waals surface area contributed by atoms with Crippen molar-refractivity contribution in [1.82, 2.24) is 15.5 Å². The monoisotopic (exact) mass is 382 g/mol. The minimum Gasteiger partial charge on any atom is -0.508 e. The van der Waals surface area contributed by atoms with E-state index in [9.17, 15) is 5.11 Å². The van der Waals surface area contributed by atoms with Crippen molar-refractivity contribution >= 4 is 5.96 Å². The number of rotatable bonds is 7. The maximum absolute atomic E-state index is 9.99. The number of phenols is 1. The van der Waals surface area contributed by atoms with Crippen molar-refractivity contribution < 1.29 is 9.84 Å². The number of hydrogen-bond donors (Lipinski definition) is 3. The Balaban J connectivity index is 1.48. The summed E-state index contributed by atoms with van der Waals surface area (Å²) in [7, 11) is 3.35. The fraction of sp³-hybridized carbons (Fsp3) is 0.409. The number of guanidine groups is 1. The van der Waals surface area contributed by atoms with Gasteiger partial charge in [-0.15, -0.1) is 0 Å². The van der Waals surface area contributed by atoms with Crippen LogP contribution in [-0.4, -0.2) is 43.2 Å². The first-order chi connectivity index (χ1) is 13.7. The molecule has 0 spiro atoms. The third kappa shape index (κ3) is 5.63. The molecule has 6 nitrogen and oxygen atoms in total. The smallest absolute Gasteiger partial charge is 0.191 e. The highest BCUT2D eigenvalue weighted by Gasteiger charge is 2.11. The Bertz CT molecular complexity index is 784. The second-order valence-electron chi connectivity index (χ2n) is 7.07. The Morgan fingerprint density at radius 2 is 1.71 bits per heavy atom. The Morgan fingerprint density at radius 3 is 2.39 bits per heavy atom. The molecule has 0 radical (unpaired) electrons. The first-order valence-electron chi connectivity index (χ1n) is 9.78. The van der Waals surface area contributed by atoms with E-state index in [4.69, 9.17) is 4.74 Å². The Hall–Kier alpha value is -2.73. The number of nitrogens with one attached hydrogen (secondary N) is 2. The molecule has 3 rings (SSSR count). The number of hydrogen-bond acceptors (Lipinski definition) is 4. The molecule has 1 saturated heterocycles. The van der Waals surface area contributed by atoms with E-state index >= 15 is 0 Å². The average Bonchev–Trinajstić information content (AvgIpc) is 3.23. The van der Waals surface area contributed by atoms with Gasteiger partial charge in [-0.1, -0.05) is 24.3 Å². The lowest BCUT2D eigenvalue weighted by Gasteiger charge is -2.15. The molecule has 1 heterocycles. The zero-order chi connectivity index (χ0) is 19.8. The van der Waals surface area contributed by atoms with Gasteiger partial charge in [-0.2, -0.15) is 0 Å². The molecular weight excluding hydrogens is 352 g/mol. The quantitative estimate of drug-likeness (QED) is 0.507. The summed E-state index contributed by atoms with van der Waals surface area (Å²) in [5.41, 5.74) is 3.33. The highest BCUT2D eigenvalue weighted by molar-refractivity contribution is 5.79. The molecule has 1 aliphatic rings. The van der Waals surface area contributed by atoms with Gasteiger partial charge in [0.15, 0.2) is 5.96 Å². The summed E-state index contributed by atoms with van der Waals surface area (Å²) in [4.78, 5) is 6.76. The van der Waals surface area contributed by atoms with E-state index in [0.29, 0.717) is 24.8 Å². The van der Waals surface area contributed by atoms with E-state index in [1.54, 1.807) is 26.3 Å². The number of aromatic hydroxyl groups is 1. The van der Waals surface area contributed by atoms with Crippen LogP contribution in [0.4, 0.5) is 0 Å². The average molecular weight is 383 g/mol. The maximum Gasteiger partial charge on any atom is 0.191 e. The number of nitrogens with zero attached hydrogens (tertiary/aromatic N) is 2. The first-order valence-corrected chi connectivity index (χ1v) is 9.78. The van der Waals surface area contributed by atoms with Crippen LogP contribution in [-0.2, 0) is 19.6 Å². The third-order valence-corrected chi connectivity index (χ3v) is 5.04. The zero-order valence-electron chi connectivity index (χ0n) is 16.7. The Kier molecular flexibility index (Phi) is 7.14. The van der Waals surface area contributed by atoms with Gasteiger partial charge in [0.1, 0.15) is 11.5 Å². The maximum atomic E-state index is 9.99. The van der Waals surface area contributed by atoms with Crippen molar-refractivity contribution in [2.75, 3.05) is 27.2 Å². The molecule has 6 heteroatoms. The largest absolute Gasteiger partial charge is 0.508 e. The summed E-state index contributed by atoms with van der Waals surface area (Å²) in [5.74, 6) is 1.63. The lowest BCUT2D eigenvalue weighted by atomic mass is 10.1. The minimum absolute atomic E-state index is 0.234. The molecule has 0 aliphatic carbocycles. The van der Waals surface area contributed by atoms with Gasteiger partial charge in [-0.05, 0) is 55.3 Å². The van der Waals surface area contributed by atoms with Gasteiger partial charge < -0.3 is 20.5 Å². The number of aliphatic imine (C=N–C) groups is 1. The topological polar surface area (TPSA) is 69.1 Å². The van der Waals surface area contributed by atoms with E-state index in [-0.39, 0.29) is 5.75 Å². The molecule has 0 saturated carbocycles. The van der Waals surface area contributed by atoms with Gasteiger partial charge in [0.2, 0.25) is 0 Å². The first kappa shape index (κ1) is 20.0. The lowest BCUT2D eigenvalue weighted by molar-refractivity contribution is 0.331. The summed E-state index contributed by atoms with van der Waals surface area (Å²) in [6, 6.07) is 13.9. The van der Waals surface area contributed by atoms with Crippen LogP contribution in [0, 0.1) is 0 Å². The highest BCUT2D eigenvalue weighted by Crippen LogP contribution is 2.22. The number of ether oxygens (including phenoxy) is 1. The van der Waals surface area contributed by atoms with Crippen LogP contribution in [0.2, 0.25) is 0 Å². The molecule has 0 atom stereocenters. The van der Waals surface area contributed by atoms with Crippen LogP contribution < -0.4 is 15.4 Å². The molecule has 3 N–H and O–H groups in total. The van der Waals surface area contributed by atoms with Gasteiger partial charge in [0, 0.05) is 32.2 Å². The fourth-order valence-electron chi connectivity index (χ4n) is 3.38. The molecule has 1 aliphatic heterocycles. The van der Waals surface area contributed by atoms with Gasteiger partial charge in [0.05, 0.1) is 7.11 Å². The predicted octanol–water partition coefficient (Wildman–Crippen LogP) is 2.86. The molecule has 28 heavy (non-hydrogen) atoms. The molecule has 1 fully saturated rings. The van der Waals surface area contributed by atoms with Crippen molar-refractivity contribution in [2.24, 2.45) is 4.99 Å². The van der Waals surface area contributed by atoms with E-state index in [2.05, 4.69) is 44.8 Å². The minimum atomic E-state index is 0.234. The normalized spacial score (nSPS) is 14.9. The van der Waals surface area contributed by atoms with Gasteiger partial charge in [0.25, 0.3) is 0 Å². The number of phenolic OH excluding ortho intramolecular Hbond substituents is 1. The van der Waals surface area contributed by atoms with Crippen LogP contribution in [0.1, 0.15) is 29.5 Å². The van der Waals surface area contributed by atoms with Crippen molar-refractivity contribution in [1.29, 1.82) is 0 Å². The summed E-state index contributed by atoms with van der Waals surface area (Å²) < 4.78 is 5.21. The second kappa shape index (κ2) is 9.99. The number of likely N-dealkylation sites (tertiary alicyclic amines) is 1. The van der Waals surface area contributed by atoms with Crippen LogP contribution in [0.3, 0.4) is 0 Å². The predicted molar refractivity (Wildman–Crippen MR) is 113 cm³/mol. The van der Waals surface area contributed by atoms with Crippen molar-refractivity contribution in [3.05, 3.63) is 59.2 Å². The van der Waals surface area contributed by atoms with Crippen LogP contribution in [0.5, 0.6) is 11.5 Å². The molecule has 2 aromatic carbocycles. The van der Waals surface area contributed by atoms with Gasteiger partial charge in [-0.3, -0.25) is 9.89 Å².